The van der Waals surface area contributed by atoms with Gasteiger partial charge in [0.25, 0.3) is 5.91 Å². The van der Waals surface area contributed by atoms with E-state index in [9.17, 15) is 10.1 Å². The lowest BCUT2D eigenvalue weighted by molar-refractivity contribution is 0.0715. The number of ether oxygens (including phenoxy) is 1. The topological polar surface area (TPSA) is 113 Å². The molecule has 3 heterocycles. The van der Waals surface area contributed by atoms with Crippen LogP contribution in [0.25, 0.3) is 16.7 Å². The fraction of sp³-hybridized carbons (Fsp3) is 0.179. The minimum Gasteiger partial charge on any atom is -0.484 e. The molecule has 1 aliphatic rings. The lowest BCUT2D eigenvalue weighted by Crippen LogP contribution is -2.33. The Labute approximate surface area is 213 Å². The highest BCUT2D eigenvalue weighted by Gasteiger charge is 2.35. The van der Waals surface area contributed by atoms with Gasteiger partial charge in [-0.15, -0.1) is 10.2 Å². The summed E-state index contributed by atoms with van der Waals surface area (Å²) in [5, 5.41) is 18.0. The van der Waals surface area contributed by atoms with Crippen molar-refractivity contribution in [2.24, 2.45) is 0 Å². The smallest absolute Gasteiger partial charge is 0.292 e. The van der Waals surface area contributed by atoms with Crippen LogP contribution in [-0.2, 0) is 6.61 Å². The molecule has 1 N–H and O–H groups in total. The van der Waals surface area contributed by atoms with Crippen LogP contribution in [0.2, 0.25) is 0 Å². The fourth-order valence-electron chi connectivity index (χ4n) is 4.78. The Morgan fingerprint density at radius 1 is 1.03 bits per heavy atom. The van der Waals surface area contributed by atoms with Gasteiger partial charge in [-0.3, -0.25) is 9.36 Å². The van der Waals surface area contributed by atoms with Crippen molar-refractivity contribution in [2.45, 2.75) is 25.5 Å². The van der Waals surface area contributed by atoms with Crippen molar-refractivity contribution in [3.8, 4) is 17.5 Å². The van der Waals surface area contributed by atoms with Gasteiger partial charge in [-0.05, 0) is 49.2 Å². The maximum atomic E-state index is 13.9. The number of nitriles is 1. The fourth-order valence-corrected chi connectivity index (χ4v) is 4.78. The first kappa shape index (κ1) is 22.5. The number of carbonyl (C=O) groups excluding carboxylic acids is 1. The molecule has 0 spiro atoms. The third-order valence-corrected chi connectivity index (χ3v) is 6.54. The second-order valence-corrected chi connectivity index (χ2v) is 8.80. The number of rotatable bonds is 6. The molecule has 0 saturated carbocycles. The molecule has 1 amide bonds. The number of fused-ring (bicyclic) bond motifs is 1. The molecular formula is C28H23N7O2. The van der Waals surface area contributed by atoms with Crippen molar-refractivity contribution in [1.29, 1.82) is 5.26 Å². The molecule has 1 atom stereocenters. The average molecular weight is 490 g/mol. The predicted octanol–water partition coefficient (Wildman–Crippen LogP) is 4.57. The summed E-state index contributed by atoms with van der Waals surface area (Å²) in [4.78, 5) is 23.8. The summed E-state index contributed by atoms with van der Waals surface area (Å²) in [6, 6.07) is 26.3. The first-order valence-electron chi connectivity index (χ1n) is 12.1. The Balaban J connectivity index is 1.34. The molecule has 0 bridgehead atoms. The number of para-hydroxylation sites is 4. The number of nitrogens with zero attached hydrogens (tertiary/aromatic N) is 6. The highest BCUT2D eigenvalue weighted by atomic mass is 16.5. The molecular weight excluding hydrogens is 466 g/mol. The van der Waals surface area contributed by atoms with Crippen molar-refractivity contribution in [1.82, 2.24) is 29.6 Å². The molecule has 9 heteroatoms. The van der Waals surface area contributed by atoms with Gasteiger partial charge >= 0.3 is 0 Å². The number of amides is 1. The maximum Gasteiger partial charge on any atom is 0.292 e. The summed E-state index contributed by atoms with van der Waals surface area (Å²) >= 11 is 0. The van der Waals surface area contributed by atoms with Gasteiger partial charge in [0, 0.05) is 12.2 Å². The van der Waals surface area contributed by atoms with Crippen molar-refractivity contribution < 1.29 is 9.53 Å². The van der Waals surface area contributed by atoms with Gasteiger partial charge in [0.05, 0.1) is 22.6 Å². The van der Waals surface area contributed by atoms with Gasteiger partial charge in [-0.1, -0.05) is 42.5 Å². The number of hydrogen-bond donors (Lipinski definition) is 1. The molecule has 6 rings (SSSR count). The third kappa shape index (κ3) is 4.19. The van der Waals surface area contributed by atoms with Gasteiger partial charge in [0.2, 0.25) is 5.82 Å². The van der Waals surface area contributed by atoms with Crippen LogP contribution in [0, 0.1) is 11.3 Å². The lowest BCUT2D eigenvalue weighted by Gasteiger charge is -2.23. The van der Waals surface area contributed by atoms with Crippen LogP contribution in [0.4, 0.5) is 0 Å². The molecule has 37 heavy (non-hydrogen) atoms. The number of benzene rings is 3. The van der Waals surface area contributed by atoms with E-state index in [4.69, 9.17) is 9.72 Å². The Kier molecular flexibility index (Phi) is 5.83. The van der Waals surface area contributed by atoms with Crippen molar-refractivity contribution in [2.75, 3.05) is 6.54 Å². The Hall–Kier alpha value is -4.97. The molecule has 2 aromatic heterocycles. The number of aromatic amines is 1. The molecule has 1 aliphatic heterocycles. The zero-order valence-electron chi connectivity index (χ0n) is 19.9. The van der Waals surface area contributed by atoms with E-state index < -0.39 is 0 Å². The zero-order chi connectivity index (χ0) is 25.2. The number of aromatic nitrogens is 5. The van der Waals surface area contributed by atoms with Gasteiger partial charge < -0.3 is 14.6 Å². The quantitative estimate of drug-likeness (QED) is 0.374. The lowest BCUT2D eigenvalue weighted by atomic mass is 10.2. The largest absolute Gasteiger partial charge is 0.484 e. The summed E-state index contributed by atoms with van der Waals surface area (Å²) in [5.41, 5.74) is 3.00. The van der Waals surface area contributed by atoms with E-state index >= 15 is 0 Å². The molecule has 182 valence electrons. The van der Waals surface area contributed by atoms with Crippen LogP contribution in [0.3, 0.4) is 0 Å². The molecule has 0 radical (unpaired) electrons. The van der Waals surface area contributed by atoms with Crippen molar-refractivity contribution in [3.63, 3.8) is 0 Å². The van der Waals surface area contributed by atoms with E-state index in [0.29, 0.717) is 23.7 Å². The molecule has 1 fully saturated rings. The normalized spacial score (nSPS) is 15.1. The van der Waals surface area contributed by atoms with Crippen molar-refractivity contribution >= 4 is 16.9 Å². The van der Waals surface area contributed by atoms with Gasteiger partial charge in [-0.2, -0.15) is 5.26 Å². The van der Waals surface area contributed by atoms with E-state index in [1.54, 1.807) is 28.8 Å². The second kappa shape index (κ2) is 9.59. The summed E-state index contributed by atoms with van der Waals surface area (Å²) < 4.78 is 7.66. The van der Waals surface area contributed by atoms with Crippen LogP contribution < -0.4 is 4.74 Å². The molecule has 0 aliphatic carbocycles. The standard InChI is InChI=1S/C28H23N7O2/c29-17-19-9-4-7-15-24(19)37-18-25-32-33-27(35(25)20-10-2-1-3-11-20)28(36)34-16-8-14-23(34)26-30-21-12-5-6-13-22(21)31-26/h1-7,9-13,15,23H,8,14,16,18H2,(H,30,31)/t23-/m1/s1. The number of nitrogens with one attached hydrogen (secondary N) is 1. The Morgan fingerprint density at radius 2 is 1.81 bits per heavy atom. The highest BCUT2D eigenvalue weighted by molar-refractivity contribution is 5.92. The highest BCUT2D eigenvalue weighted by Crippen LogP contribution is 2.33. The van der Waals surface area contributed by atoms with Gasteiger partial charge in [0.15, 0.2) is 5.82 Å². The number of H-pyrrole nitrogens is 1. The molecule has 0 unspecified atom stereocenters. The molecule has 9 nitrogen and oxygen atoms in total. The van der Waals surface area contributed by atoms with E-state index in [-0.39, 0.29) is 24.4 Å². The van der Waals surface area contributed by atoms with Crippen LogP contribution in [-0.4, -0.2) is 42.1 Å². The third-order valence-electron chi connectivity index (χ3n) is 6.54. The van der Waals surface area contributed by atoms with Gasteiger partial charge in [-0.25, -0.2) is 4.98 Å². The maximum absolute atomic E-state index is 13.9. The van der Waals surface area contributed by atoms with E-state index in [0.717, 1.165) is 35.4 Å². The predicted molar refractivity (Wildman–Crippen MR) is 136 cm³/mol. The van der Waals surface area contributed by atoms with E-state index in [1.807, 2.05) is 59.5 Å². The Morgan fingerprint density at radius 3 is 2.65 bits per heavy atom. The number of hydrogen-bond acceptors (Lipinski definition) is 6. The number of imidazole rings is 1. The van der Waals surface area contributed by atoms with Crippen LogP contribution >= 0.6 is 0 Å². The number of carbonyl (C=O) groups is 1. The summed E-state index contributed by atoms with van der Waals surface area (Å²) in [6.45, 7) is 0.643. The summed E-state index contributed by atoms with van der Waals surface area (Å²) in [7, 11) is 0. The first-order valence-corrected chi connectivity index (χ1v) is 12.1. The van der Waals surface area contributed by atoms with Crippen molar-refractivity contribution in [3.05, 3.63) is 102 Å². The minimum atomic E-state index is -0.219. The van der Waals surface area contributed by atoms with E-state index in [1.165, 1.54) is 0 Å². The summed E-state index contributed by atoms with van der Waals surface area (Å²) in [6.07, 6.45) is 1.68. The second-order valence-electron chi connectivity index (χ2n) is 8.80. The summed E-state index contributed by atoms with van der Waals surface area (Å²) in [5.74, 6) is 1.67. The Bertz CT molecular complexity index is 1580. The zero-order valence-corrected chi connectivity index (χ0v) is 19.9. The molecule has 5 aromatic rings. The molecule has 3 aromatic carbocycles. The minimum absolute atomic E-state index is 0.0425. The SMILES string of the molecule is N#Cc1ccccc1OCc1nnc(C(=O)N2CCC[C@@H]2c2nc3ccccc3[nH]2)n1-c1ccccc1. The van der Waals surface area contributed by atoms with Crippen LogP contribution in [0.5, 0.6) is 5.75 Å². The monoisotopic (exact) mass is 489 g/mol. The van der Waals surface area contributed by atoms with Crippen LogP contribution in [0.1, 0.15) is 46.7 Å². The van der Waals surface area contributed by atoms with E-state index in [2.05, 4.69) is 21.3 Å². The van der Waals surface area contributed by atoms with Gasteiger partial charge in [0.1, 0.15) is 24.3 Å². The average Bonchev–Trinajstić information content (AvgIpc) is 3.70. The first-order chi connectivity index (χ1) is 18.2. The van der Waals surface area contributed by atoms with Crippen LogP contribution in [0.15, 0.2) is 78.9 Å². The number of likely N-dealkylation sites (tertiary alicyclic amines) is 1. The molecule has 1 saturated heterocycles.